The number of aliphatic imine (C=N–C) groups is 1. The Labute approximate surface area is 165 Å². The number of pyridine rings is 1. The van der Waals surface area contributed by atoms with Crippen LogP contribution < -0.4 is 5.32 Å². The van der Waals surface area contributed by atoms with Gasteiger partial charge in [-0.25, -0.2) is 0 Å². The van der Waals surface area contributed by atoms with E-state index in [0.29, 0.717) is 6.42 Å². The summed E-state index contributed by atoms with van der Waals surface area (Å²) in [5.74, 6) is 0.0601. The third-order valence-corrected chi connectivity index (χ3v) is 5.18. The van der Waals surface area contributed by atoms with Crippen molar-refractivity contribution in [2.24, 2.45) is 4.99 Å². The molecule has 0 amide bonds. The zero-order chi connectivity index (χ0) is 19.7. The van der Waals surface area contributed by atoms with Crippen LogP contribution in [-0.4, -0.2) is 22.6 Å². The van der Waals surface area contributed by atoms with Gasteiger partial charge in [-0.15, -0.1) is 0 Å². The van der Waals surface area contributed by atoms with Gasteiger partial charge in [0.2, 0.25) is 0 Å². The molecule has 0 saturated heterocycles. The van der Waals surface area contributed by atoms with E-state index in [0.717, 1.165) is 45.0 Å². The summed E-state index contributed by atoms with van der Waals surface area (Å²) < 4.78 is 0. The average Bonchev–Trinajstić information content (AvgIpc) is 2.83. The molecule has 3 aromatic rings. The van der Waals surface area contributed by atoms with Crippen LogP contribution >= 0.6 is 0 Å². The van der Waals surface area contributed by atoms with Crippen LogP contribution in [0.15, 0.2) is 65.7 Å². The number of benzene rings is 2. The molecule has 2 aromatic carbocycles. The van der Waals surface area contributed by atoms with Gasteiger partial charge in [-0.3, -0.25) is 14.8 Å². The number of carbonyl (C=O) groups excluding carboxylic acids is 1. The van der Waals surface area contributed by atoms with Gasteiger partial charge in [-0.2, -0.15) is 0 Å². The molecule has 1 aliphatic heterocycles. The lowest BCUT2D eigenvalue weighted by atomic mass is 9.96. The molecule has 4 nitrogen and oxygen atoms in total. The Morgan fingerprint density at radius 1 is 0.964 bits per heavy atom. The van der Waals surface area contributed by atoms with E-state index in [1.165, 1.54) is 0 Å². The van der Waals surface area contributed by atoms with Crippen molar-refractivity contribution in [2.45, 2.75) is 33.4 Å². The molecule has 1 aromatic heterocycles. The van der Waals surface area contributed by atoms with E-state index in [4.69, 9.17) is 4.99 Å². The molecule has 1 N–H and O–H groups in total. The van der Waals surface area contributed by atoms with Crippen molar-refractivity contribution < 1.29 is 4.79 Å². The second kappa shape index (κ2) is 7.39. The standard InChI is InChI=1S/C24H23N3O/c1-15-13-21(16(2)17(3)25-15)26-24-22(28)14-19-11-7-8-12-20(19)23(27-24)18-9-5-4-6-10-18/h4-13,24H,14H2,1-3H3,(H,25,26). The van der Waals surface area contributed by atoms with Gasteiger partial charge in [0.05, 0.1) is 5.71 Å². The summed E-state index contributed by atoms with van der Waals surface area (Å²) in [4.78, 5) is 22.5. The number of Topliss-reactive ketones (excluding diaryl/α,β-unsaturated/α-hetero) is 1. The molecule has 0 spiro atoms. The van der Waals surface area contributed by atoms with Gasteiger partial charge in [0.15, 0.2) is 11.9 Å². The van der Waals surface area contributed by atoms with Crippen molar-refractivity contribution in [1.29, 1.82) is 0 Å². The largest absolute Gasteiger partial charge is 0.357 e. The van der Waals surface area contributed by atoms with E-state index >= 15 is 0 Å². The number of aryl methyl sites for hydroxylation is 2. The third-order valence-electron chi connectivity index (χ3n) is 5.18. The summed E-state index contributed by atoms with van der Waals surface area (Å²) in [5.41, 5.74) is 7.71. The number of ketones is 1. The molecule has 2 heterocycles. The smallest absolute Gasteiger partial charge is 0.181 e. The fourth-order valence-corrected chi connectivity index (χ4v) is 3.59. The number of aromatic nitrogens is 1. The topological polar surface area (TPSA) is 54.4 Å². The highest BCUT2D eigenvalue weighted by Gasteiger charge is 2.26. The highest BCUT2D eigenvalue weighted by atomic mass is 16.1. The molecule has 1 atom stereocenters. The Morgan fingerprint density at radius 3 is 2.46 bits per heavy atom. The third kappa shape index (κ3) is 3.46. The highest BCUT2D eigenvalue weighted by molar-refractivity contribution is 6.16. The second-order valence-electron chi connectivity index (χ2n) is 7.21. The minimum Gasteiger partial charge on any atom is -0.357 e. The summed E-state index contributed by atoms with van der Waals surface area (Å²) in [6.45, 7) is 5.96. The Hall–Kier alpha value is -3.27. The second-order valence-corrected chi connectivity index (χ2v) is 7.21. The number of nitrogens with zero attached hydrogens (tertiary/aromatic N) is 2. The Kier molecular flexibility index (Phi) is 4.78. The molecule has 4 rings (SSSR count). The van der Waals surface area contributed by atoms with Crippen molar-refractivity contribution in [3.05, 3.63) is 94.3 Å². The zero-order valence-corrected chi connectivity index (χ0v) is 16.4. The van der Waals surface area contributed by atoms with Gasteiger partial charge in [-0.05, 0) is 38.0 Å². The van der Waals surface area contributed by atoms with Crippen molar-refractivity contribution in [3.63, 3.8) is 0 Å². The molecule has 0 radical (unpaired) electrons. The summed E-state index contributed by atoms with van der Waals surface area (Å²) in [6, 6.07) is 20.1. The molecular formula is C24H23N3O. The molecule has 0 saturated carbocycles. The van der Waals surface area contributed by atoms with E-state index in [1.807, 2.05) is 81.4 Å². The molecule has 0 fully saturated rings. The lowest BCUT2D eigenvalue weighted by molar-refractivity contribution is -0.118. The first-order chi connectivity index (χ1) is 13.5. The molecule has 1 unspecified atom stereocenters. The SMILES string of the molecule is Cc1cc(NC2N=C(c3ccccc3)c3ccccc3CC2=O)c(C)c(C)n1. The number of anilines is 1. The van der Waals surface area contributed by atoms with Crippen LogP contribution in [0.4, 0.5) is 5.69 Å². The predicted octanol–water partition coefficient (Wildman–Crippen LogP) is 4.41. The Balaban J connectivity index is 1.82. The molecule has 4 heteroatoms. The number of nitrogens with one attached hydrogen (secondary N) is 1. The van der Waals surface area contributed by atoms with E-state index < -0.39 is 6.17 Å². The van der Waals surface area contributed by atoms with Crippen LogP contribution in [-0.2, 0) is 11.2 Å². The number of fused-ring (bicyclic) bond motifs is 1. The van der Waals surface area contributed by atoms with Gasteiger partial charge in [-0.1, -0.05) is 54.6 Å². The highest BCUT2D eigenvalue weighted by Crippen LogP contribution is 2.25. The van der Waals surface area contributed by atoms with Gasteiger partial charge in [0.25, 0.3) is 0 Å². The molecule has 1 aliphatic rings. The number of hydrogen-bond acceptors (Lipinski definition) is 4. The van der Waals surface area contributed by atoms with Crippen molar-refractivity contribution in [2.75, 3.05) is 5.32 Å². The lowest BCUT2D eigenvalue weighted by Gasteiger charge is -2.18. The van der Waals surface area contributed by atoms with E-state index in [2.05, 4.69) is 10.3 Å². The minimum absolute atomic E-state index is 0.0601. The number of carbonyl (C=O) groups is 1. The van der Waals surface area contributed by atoms with Gasteiger partial charge in [0, 0.05) is 34.6 Å². The maximum atomic E-state index is 13.1. The van der Waals surface area contributed by atoms with E-state index in [-0.39, 0.29) is 5.78 Å². The van der Waals surface area contributed by atoms with Crippen LogP contribution in [0.2, 0.25) is 0 Å². The van der Waals surface area contributed by atoms with Crippen LogP contribution in [0.25, 0.3) is 0 Å². The summed E-state index contributed by atoms with van der Waals surface area (Å²) in [7, 11) is 0. The normalized spacial score (nSPS) is 16.2. The van der Waals surface area contributed by atoms with Crippen LogP contribution in [0.5, 0.6) is 0 Å². The zero-order valence-electron chi connectivity index (χ0n) is 16.4. The molecule has 0 bridgehead atoms. The van der Waals surface area contributed by atoms with Gasteiger partial charge in [0.1, 0.15) is 0 Å². The van der Waals surface area contributed by atoms with E-state index in [1.54, 1.807) is 0 Å². The van der Waals surface area contributed by atoms with Crippen LogP contribution in [0.3, 0.4) is 0 Å². The summed E-state index contributed by atoms with van der Waals surface area (Å²) in [6.07, 6.45) is -0.280. The van der Waals surface area contributed by atoms with Crippen LogP contribution in [0.1, 0.15) is 33.6 Å². The first kappa shape index (κ1) is 18.1. The van der Waals surface area contributed by atoms with Crippen molar-refractivity contribution in [1.82, 2.24) is 4.98 Å². The molecule has 0 aliphatic carbocycles. The molecule has 28 heavy (non-hydrogen) atoms. The van der Waals surface area contributed by atoms with Crippen molar-refractivity contribution >= 4 is 17.2 Å². The minimum atomic E-state index is -0.637. The quantitative estimate of drug-likeness (QED) is 0.744. The van der Waals surface area contributed by atoms with Gasteiger partial charge < -0.3 is 5.32 Å². The number of hydrogen-bond donors (Lipinski definition) is 1. The Bertz CT molecular complexity index is 1070. The van der Waals surface area contributed by atoms with Crippen molar-refractivity contribution in [3.8, 4) is 0 Å². The number of rotatable bonds is 3. The summed E-state index contributed by atoms with van der Waals surface area (Å²) >= 11 is 0. The monoisotopic (exact) mass is 369 g/mol. The molecule has 140 valence electrons. The van der Waals surface area contributed by atoms with E-state index in [9.17, 15) is 4.79 Å². The maximum Gasteiger partial charge on any atom is 0.181 e. The fourth-order valence-electron chi connectivity index (χ4n) is 3.59. The van der Waals surface area contributed by atoms with Gasteiger partial charge >= 0.3 is 0 Å². The first-order valence-electron chi connectivity index (χ1n) is 9.48. The summed E-state index contributed by atoms with van der Waals surface area (Å²) in [5, 5.41) is 3.38. The first-order valence-corrected chi connectivity index (χ1v) is 9.48. The predicted molar refractivity (Wildman–Crippen MR) is 113 cm³/mol. The fraction of sp³-hybridized carbons (Fsp3) is 0.208. The lowest BCUT2D eigenvalue weighted by Crippen LogP contribution is -2.29. The molecular weight excluding hydrogens is 346 g/mol. The van der Waals surface area contributed by atoms with Crippen LogP contribution in [0, 0.1) is 20.8 Å². The Morgan fingerprint density at radius 2 is 1.68 bits per heavy atom. The maximum absolute atomic E-state index is 13.1. The average molecular weight is 369 g/mol.